The molecule has 19 heavy (non-hydrogen) atoms. The van der Waals surface area contributed by atoms with E-state index in [1.165, 1.54) is 16.9 Å². The Morgan fingerprint density at radius 2 is 2.00 bits per heavy atom. The van der Waals surface area contributed by atoms with Crippen molar-refractivity contribution in [2.24, 2.45) is 11.3 Å². The van der Waals surface area contributed by atoms with Crippen LogP contribution in [0.3, 0.4) is 0 Å². The predicted molar refractivity (Wildman–Crippen MR) is 70.8 cm³/mol. The maximum absolute atomic E-state index is 5.84. The molecule has 1 aromatic rings. The number of hydrogen-bond acceptors (Lipinski definition) is 3. The van der Waals surface area contributed by atoms with Crippen LogP contribution in [-0.2, 0) is 22.3 Å². The Morgan fingerprint density at radius 3 is 2.79 bits per heavy atom. The van der Waals surface area contributed by atoms with E-state index in [0.717, 1.165) is 19.3 Å². The second kappa shape index (κ2) is 3.74. The molecule has 2 heterocycles. The van der Waals surface area contributed by atoms with Gasteiger partial charge in [-0.1, -0.05) is 13.0 Å². The topological polar surface area (TPSA) is 31.6 Å². The van der Waals surface area contributed by atoms with E-state index in [2.05, 4.69) is 26.0 Å². The summed E-state index contributed by atoms with van der Waals surface area (Å²) in [5.41, 5.74) is 2.87. The molecule has 0 amide bonds. The van der Waals surface area contributed by atoms with E-state index in [4.69, 9.17) is 13.9 Å². The van der Waals surface area contributed by atoms with Crippen molar-refractivity contribution in [2.45, 2.75) is 38.9 Å². The largest absolute Gasteiger partial charge is 0.469 e. The van der Waals surface area contributed by atoms with Crippen LogP contribution >= 0.6 is 0 Å². The summed E-state index contributed by atoms with van der Waals surface area (Å²) in [5, 5.41) is 0. The van der Waals surface area contributed by atoms with E-state index in [1.54, 1.807) is 0 Å². The number of hydrogen-bond donors (Lipinski definition) is 0. The first-order chi connectivity index (χ1) is 9.10. The molecule has 2 atom stereocenters. The maximum Gasteiger partial charge on any atom is 0.188 e. The minimum absolute atomic E-state index is 0.178. The number of fused-ring (bicyclic) bond motifs is 2. The van der Waals surface area contributed by atoms with Crippen LogP contribution in [0.5, 0.6) is 0 Å². The number of aryl methyl sites for hydroxylation is 1. The number of ether oxygens (including phenoxy) is 2. The highest BCUT2D eigenvalue weighted by Crippen LogP contribution is 2.50. The zero-order chi connectivity index (χ0) is 13.1. The van der Waals surface area contributed by atoms with Crippen molar-refractivity contribution < 1.29 is 13.9 Å². The fourth-order valence-electron chi connectivity index (χ4n) is 3.83. The zero-order valence-corrected chi connectivity index (χ0v) is 11.6. The highest BCUT2D eigenvalue weighted by atomic mass is 16.7. The van der Waals surface area contributed by atoms with Gasteiger partial charge in [-0.15, -0.1) is 0 Å². The minimum Gasteiger partial charge on any atom is -0.469 e. The Labute approximate surface area is 113 Å². The van der Waals surface area contributed by atoms with Crippen LogP contribution in [0.1, 0.15) is 30.2 Å². The van der Waals surface area contributed by atoms with Gasteiger partial charge in [0.25, 0.3) is 0 Å². The predicted octanol–water partition coefficient (Wildman–Crippen LogP) is 3.01. The summed E-state index contributed by atoms with van der Waals surface area (Å²) in [6.45, 7) is 5.90. The van der Waals surface area contributed by atoms with Crippen LogP contribution < -0.4 is 0 Å². The van der Waals surface area contributed by atoms with Gasteiger partial charge < -0.3 is 13.9 Å². The molecule has 0 aromatic carbocycles. The highest BCUT2D eigenvalue weighted by molar-refractivity contribution is 5.34. The Hall–Kier alpha value is -1.06. The second-order valence-corrected chi connectivity index (χ2v) is 6.45. The van der Waals surface area contributed by atoms with Crippen LogP contribution in [0, 0.1) is 18.3 Å². The minimum atomic E-state index is -0.445. The van der Waals surface area contributed by atoms with Crippen molar-refractivity contribution in [3.05, 3.63) is 35.3 Å². The molecule has 1 fully saturated rings. The molecular weight excluding hydrogens is 240 g/mol. The third-order valence-electron chi connectivity index (χ3n) is 5.14. The first-order valence-corrected chi connectivity index (χ1v) is 7.14. The lowest BCUT2D eigenvalue weighted by atomic mass is 9.62. The van der Waals surface area contributed by atoms with Crippen LogP contribution in [0.4, 0.5) is 0 Å². The molecule has 1 spiro atoms. The van der Waals surface area contributed by atoms with E-state index in [0.29, 0.717) is 19.1 Å². The molecule has 3 nitrogen and oxygen atoms in total. The first kappa shape index (κ1) is 11.7. The normalized spacial score (nSPS) is 35.4. The van der Waals surface area contributed by atoms with Gasteiger partial charge in [-0.2, -0.15) is 0 Å². The van der Waals surface area contributed by atoms with Crippen molar-refractivity contribution in [3.8, 4) is 0 Å². The molecule has 1 saturated heterocycles. The second-order valence-electron chi connectivity index (χ2n) is 6.45. The third kappa shape index (κ3) is 1.65. The molecule has 1 aliphatic heterocycles. The number of rotatable bonds is 0. The van der Waals surface area contributed by atoms with Gasteiger partial charge in [-0.3, -0.25) is 0 Å². The Kier molecular flexibility index (Phi) is 2.31. The van der Waals surface area contributed by atoms with Crippen molar-refractivity contribution in [1.29, 1.82) is 0 Å². The van der Waals surface area contributed by atoms with E-state index >= 15 is 0 Å². The SMILES string of the molecule is Cc1coc2c1C[C@H]1CC3(C=C[C@@]1(C)C2)OCCO3. The molecule has 0 N–H and O–H groups in total. The molecule has 0 bridgehead atoms. The van der Waals surface area contributed by atoms with E-state index in [-0.39, 0.29) is 5.41 Å². The van der Waals surface area contributed by atoms with Gasteiger partial charge in [0.1, 0.15) is 5.76 Å². The van der Waals surface area contributed by atoms with E-state index in [1.807, 2.05) is 6.26 Å². The van der Waals surface area contributed by atoms with Gasteiger partial charge in [-0.25, -0.2) is 0 Å². The summed E-state index contributed by atoms with van der Waals surface area (Å²) in [4.78, 5) is 0. The first-order valence-electron chi connectivity index (χ1n) is 7.14. The van der Waals surface area contributed by atoms with Gasteiger partial charge in [0, 0.05) is 12.8 Å². The average molecular weight is 260 g/mol. The van der Waals surface area contributed by atoms with Gasteiger partial charge in [0.05, 0.1) is 19.5 Å². The summed E-state index contributed by atoms with van der Waals surface area (Å²) in [7, 11) is 0. The van der Waals surface area contributed by atoms with Crippen molar-refractivity contribution in [3.63, 3.8) is 0 Å². The maximum atomic E-state index is 5.84. The monoisotopic (exact) mass is 260 g/mol. The highest BCUT2D eigenvalue weighted by Gasteiger charge is 2.49. The lowest BCUT2D eigenvalue weighted by Gasteiger charge is -2.45. The van der Waals surface area contributed by atoms with E-state index < -0.39 is 5.79 Å². The third-order valence-corrected chi connectivity index (χ3v) is 5.14. The Morgan fingerprint density at radius 1 is 1.21 bits per heavy atom. The molecule has 0 unspecified atom stereocenters. The Balaban J connectivity index is 1.71. The van der Waals surface area contributed by atoms with Gasteiger partial charge in [-0.05, 0) is 41.9 Å². The molecule has 102 valence electrons. The van der Waals surface area contributed by atoms with Gasteiger partial charge >= 0.3 is 0 Å². The summed E-state index contributed by atoms with van der Waals surface area (Å²) in [6.07, 6.45) is 9.36. The molecule has 0 radical (unpaired) electrons. The van der Waals surface area contributed by atoms with Crippen molar-refractivity contribution in [1.82, 2.24) is 0 Å². The Bertz CT molecular complexity index is 536. The van der Waals surface area contributed by atoms with Crippen LogP contribution in [0.25, 0.3) is 0 Å². The lowest BCUT2D eigenvalue weighted by molar-refractivity contribution is -0.145. The summed E-state index contributed by atoms with van der Waals surface area (Å²) in [6, 6.07) is 0. The average Bonchev–Trinajstić information content (AvgIpc) is 2.97. The van der Waals surface area contributed by atoms with Gasteiger partial charge in [0.15, 0.2) is 5.79 Å². The number of allylic oxidation sites excluding steroid dienone is 1. The lowest BCUT2D eigenvalue weighted by Crippen LogP contribution is -2.44. The van der Waals surface area contributed by atoms with Crippen molar-refractivity contribution >= 4 is 0 Å². The fraction of sp³-hybridized carbons (Fsp3) is 0.625. The molecule has 3 heteroatoms. The summed E-state index contributed by atoms with van der Waals surface area (Å²) >= 11 is 0. The van der Waals surface area contributed by atoms with Crippen molar-refractivity contribution in [2.75, 3.05) is 13.2 Å². The van der Waals surface area contributed by atoms with Gasteiger partial charge in [0.2, 0.25) is 0 Å². The zero-order valence-electron chi connectivity index (χ0n) is 11.6. The standard InChI is InChI=1S/C16H20O3/c1-11-10-17-14-9-15(2)3-4-16(18-5-6-19-16)8-12(15)7-13(11)14/h3-4,10,12H,5-9H2,1-2H3/t12-,15-/m0/s1. The number of furan rings is 1. The molecule has 0 saturated carbocycles. The van der Waals surface area contributed by atoms with Crippen LogP contribution in [0.15, 0.2) is 22.8 Å². The summed E-state index contributed by atoms with van der Waals surface area (Å²) < 4.78 is 17.4. The molecule has 3 aliphatic rings. The van der Waals surface area contributed by atoms with E-state index in [9.17, 15) is 0 Å². The molecular formula is C16H20O3. The quantitative estimate of drug-likeness (QED) is 0.672. The molecule has 2 aliphatic carbocycles. The summed E-state index contributed by atoms with van der Waals surface area (Å²) in [5.74, 6) is 1.30. The smallest absolute Gasteiger partial charge is 0.188 e. The molecule has 4 rings (SSSR count). The van der Waals surface area contributed by atoms with Crippen LogP contribution in [0.2, 0.25) is 0 Å². The van der Waals surface area contributed by atoms with Crippen LogP contribution in [-0.4, -0.2) is 19.0 Å². The fourth-order valence-corrected chi connectivity index (χ4v) is 3.83. The molecule has 1 aromatic heterocycles.